The average Bonchev–Trinajstić information content (AvgIpc) is 3.40. The highest BCUT2D eigenvalue weighted by atomic mass is 16.2. The van der Waals surface area contributed by atoms with Crippen molar-refractivity contribution in [2.45, 2.75) is 38.0 Å². The Hall–Kier alpha value is -3.08. The van der Waals surface area contributed by atoms with Gasteiger partial charge in [-0.1, -0.05) is 18.2 Å². The minimum absolute atomic E-state index is 0.126. The fraction of sp³-hybridized carbons (Fsp3) is 0.500. The number of carbonyl (C=O) groups is 3. The van der Waals surface area contributed by atoms with E-state index in [2.05, 4.69) is 30.4 Å². The van der Waals surface area contributed by atoms with E-state index in [9.17, 15) is 14.4 Å². The molecule has 2 atom stereocenters. The van der Waals surface area contributed by atoms with Gasteiger partial charge in [0.25, 0.3) is 5.91 Å². The van der Waals surface area contributed by atoms with Gasteiger partial charge < -0.3 is 20.1 Å². The van der Waals surface area contributed by atoms with Crippen LogP contribution in [0.2, 0.25) is 0 Å². The van der Waals surface area contributed by atoms with Crippen LogP contribution in [0.5, 0.6) is 0 Å². The number of amides is 3. The number of hydrogen-bond donors (Lipinski definition) is 3. The fourth-order valence-electron chi connectivity index (χ4n) is 5.25. The van der Waals surface area contributed by atoms with Crippen LogP contribution >= 0.6 is 0 Å². The average molecular weight is 466 g/mol. The fourth-order valence-corrected chi connectivity index (χ4v) is 5.25. The molecule has 0 radical (unpaired) electrons. The second-order valence-corrected chi connectivity index (χ2v) is 9.18. The number of aromatic nitrogens is 2. The number of benzene rings is 1. The molecule has 1 aromatic carbocycles. The predicted octanol–water partition coefficient (Wildman–Crippen LogP) is -0.0828. The van der Waals surface area contributed by atoms with Gasteiger partial charge in [0.1, 0.15) is 11.9 Å². The standard InChI is InChI=1S/C24H31N7O3/c1-29-10-9-27-22(29)19-14-26-8-12-30(19)11-7-25-13-16-3-2-4-17-15-31(24(34)21(16)17)18-5-6-20(32)28-23(18)33/h2-4,9-10,18-19,25-26H,5-8,11-15H2,1H3,(H,28,32,33). The van der Waals surface area contributed by atoms with Crippen LogP contribution in [0.3, 0.4) is 0 Å². The van der Waals surface area contributed by atoms with E-state index in [1.54, 1.807) is 4.90 Å². The van der Waals surface area contributed by atoms with Crippen molar-refractivity contribution in [1.29, 1.82) is 0 Å². The number of nitrogens with zero attached hydrogens (tertiary/aromatic N) is 4. The lowest BCUT2D eigenvalue weighted by atomic mass is 10.0. The maximum atomic E-state index is 13.2. The lowest BCUT2D eigenvalue weighted by Gasteiger charge is -2.35. The first-order valence-corrected chi connectivity index (χ1v) is 11.9. The number of piperidine rings is 1. The molecule has 3 aliphatic rings. The van der Waals surface area contributed by atoms with Crippen molar-refractivity contribution >= 4 is 17.7 Å². The summed E-state index contributed by atoms with van der Waals surface area (Å²) in [6.45, 7) is 5.44. The van der Waals surface area contributed by atoms with E-state index in [4.69, 9.17) is 0 Å². The molecule has 4 heterocycles. The van der Waals surface area contributed by atoms with Gasteiger partial charge in [0.2, 0.25) is 11.8 Å². The number of hydrogen-bond acceptors (Lipinski definition) is 7. The first kappa shape index (κ1) is 22.7. The van der Waals surface area contributed by atoms with E-state index < -0.39 is 6.04 Å². The number of rotatable bonds is 7. The zero-order valence-electron chi connectivity index (χ0n) is 19.4. The van der Waals surface area contributed by atoms with E-state index >= 15 is 0 Å². The van der Waals surface area contributed by atoms with Gasteiger partial charge in [0, 0.05) is 77.2 Å². The Morgan fingerprint density at radius 1 is 1.21 bits per heavy atom. The van der Waals surface area contributed by atoms with Crippen molar-refractivity contribution in [1.82, 2.24) is 35.3 Å². The Bertz CT molecular complexity index is 1100. The maximum Gasteiger partial charge on any atom is 0.255 e. The summed E-state index contributed by atoms with van der Waals surface area (Å²) in [4.78, 5) is 45.6. The van der Waals surface area contributed by atoms with Crippen molar-refractivity contribution < 1.29 is 14.4 Å². The van der Waals surface area contributed by atoms with Gasteiger partial charge in [-0.05, 0) is 17.5 Å². The Balaban J connectivity index is 1.20. The van der Waals surface area contributed by atoms with Crippen molar-refractivity contribution in [3.8, 4) is 0 Å². The van der Waals surface area contributed by atoms with E-state index in [1.807, 2.05) is 37.6 Å². The number of nitrogens with one attached hydrogen (secondary N) is 3. The Kier molecular flexibility index (Phi) is 6.44. The summed E-state index contributed by atoms with van der Waals surface area (Å²) in [5.41, 5.74) is 2.57. The third kappa shape index (κ3) is 4.36. The molecule has 0 saturated carbocycles. The zero-order chi connectivity index (χ0) is 23.7. The molecule has 0 spiro atoms. The highest BCUT2D eigenvalue weighted by Crippen LogP contribution is 2.29. The van der Waals surface area contributed by atoms with Crippen LogP contribution in [0.1, 0.15) is 46.2 Å². The van der Waals surface area contributed by atoms with Crippen LogP contribution in [-0.2, 0) is 29.7 Å². The van der Waals surface area contributed by atoms with Gasteiger partial charge in [-0.15, -0.1) is 0 Å². The minimum Gasteiger partial charge on any atom is -0.337 e. The minimum atomic E-state index is -0.589. The Labute approximate surface area is 198 Å². The number of carbonyl (C=O) groups excluding carboxylic acids is 3. The molecule has 34 heavy (non-hydrogen) atoms. The van der Waals surface area contributed by atoms with Crippen LogP contribution < -0.4 is 16.0 Å². The van der Waals surface area contributed by atoms with E-state index in [-0.39, 0.29) is 30.2 Å². The molecule has 3 amide bonds. The topological polar surface area (TPSA) is 112 Å². The number of imide groups is 1. The summed E-state index contributed by atoms with van der Waals surface area (Å²) in [6.07, 6.45) is 4.45. The Morgan fingerprint density at radius 3 is 2.88 bits per heavy atom. The number of aryl methyl sites for hydroxylation is 1. The molecular weight excluding hydrogens is 434 g/mol. The van der Waals surface area contributed by atoms with Gasteiger partial charge in [-0.3, -0.25) is 24.6 Å². The van der Waals surface area contributed by atoms with Gasteiger partial charge in [-0.2, -0.15) is 0 Å². The molecule has 180 valence electrons. The highest BCUT2D eigenvalue weighted by molar-refractivity contribution is 6.05. The first-order chi connectivity index (χ1) is 16.5. The van der Waals surface area contributed by atoms with Gasteiger partial charge in [0.05, 0.1) is 6.04 Å². The summed E-state index contributed by atoms with van der Waals surface area (Å²) >= 11 is 0. The van der Waals surface area contributed by atoms with Crippen LogP contribution in [-0.4, -0.2) is 75.8 Å². The van der Waals surface area contributed by atoms with Crippen LogP contribution in [0.4, 0.5) is 0 Å². The highest BCUT2D eigenvalue weighted by Gasteiger charge is 2.39. The smallest absolute Gasteiger partial charge is 0.255 e. The number of fused-ring (bicyclic) bond motifs is 1. The van der Waals surface area contributed by atoms with Crippen molar-refractivity contribution in [3.63, 3.8) is 0 Å². The van der Waals surface area contributed by atoms with Crippen molar-refractivity contribution in [3.05, 3.63) is 53.1 Å². The van der Waals surface area contributed by atoms with Gasteiger partial charge >= 0.3 is 0 Å². The number of imidazole rings is 1. The van der Waals surface area contributed by atoms with E-state index in [0.29, 0.717) is 25.1 Å². The first-order valence-electron chi connectivity index (χ1n) is 11.9. The molecule has 5 rings (SSSR count). The van der Waals surface area contributed by atoms with Crippen molar-refractivity contribution in [2.24, 2.45) is 7.05 Å². The quantitative estimate of drug-likeness (QED) is 0.387. The monoisotopic (exact) mass is 465 g/mol. The number of piperazine rings is 1. The molecule has 10 nitrogen and oxygen atoms in total. The Morgan fingerprint density at radius 2 is 2.09 bits per heavy atom. The summed E-state index contributed by atoms with van der Waals surface area (Å²) in [7, 11) is 2.03. The molecular formula is C24H31N7O3. The normalized spacial score (nSPS) is 23.3. The molecule has 1 aromatic heterocycles. The van der Waals surface area contributed by atoms with E-state index in [0.717, 1.165) is 49.7 Å². The summed E-state index contributed by atoms with van der Waals surface area (Å²) in [5, 5.41) is 9.33. The van der Waals surface area contributed by atoms with Crippen LogP contribution in [0.15, 0.2) is 30.6 Å². The molecule has 3 N–H and O–H groups in total. The van der Waals surface area contributed by atoms with Crippen LogP contribution in [0, 0.1) is 0 Å². The molecule has 0 bridgehead atoms. The predicted molar refractivity (Wildman–Crippen MR) is 125 cm³/mol. The van der Waals surface area contributed by atoms with Gasteiger partial charge in [0.15, 0.2) is 0 Å². The second kappa shape index (κ2) is 9.65. The molecule has 2 unspecified atom stereocenters. The summed E-state index contributed by atoms with van der Waals surface area (Å²) in [5.74, 6) is 0.284. The molecule has 0 aliphatic carbocycles. The molecule has 2 fully saturated rings. The molecule has 3 aliphatic heterocycles. The lowest BCUT2D eigenvalue weighted by Crippen LogP contribution is -2.52. The lowest BCUT2D eigenvalue weighted by molar-refractivity contribution is -0.136. The second-order valence-electron chi connectivity index (χ2n) is 9.18. The van der Waals surface area contributed by atoms with E-state index in [1.165, 1.54) is 0 Å². The van der Waals surface area contributed by atoms with Crippen molar-refractivity contribution in [2.75, 3.05) is 32.7 Å². The molecule has 10 heteroatoms. The summed E-state index contributed by atoms with van der Waals surface area (Å²) < 4.78 is 2.07. The zero-order valence-corrected chi connectivity index (χ0v) is 19.4. The summed E-state index contributed by atoms with van der Waals surface area (Å²) in [6, 6.07) is 5.53. The van der Waals surface area contributed by atoms with Crippen LogP contribution in [0.25, 0.3) is 0 Å². The largest absolute Gasteiger partial charge is 0.337 e. The third-order valence-corrected chi connectivity index (χ3v) is 7.04. The SMILES string of the molecule is Cn1ccnc1C1CNCCN1CCNCc1cccc2c1C(=O)N(C1CCC(=O)NC1=O)C2. The third-order valence-electron chi connectivity index (χ3n) is 7.04. The maximum absolute atomic E-state index is 13.2. The molecule has 2 saturated heterocycles. The molecule has 2 aromatic rings. The van der Waals surface area contributed by atoms with Gasteiger partial charge in [-0.25, -0.2) is 4.98 Å².